The van der Waals surface area contributed by atoms with Crippen LogP contribution in [0.2, 0.25) is 39.3 Å². The second kappa shape index (κ2) is 7.08. The van der Waals surface area contributed by atoms with Gasteiger partial charge in [0.1, 0.15) is 0 Å². The van der Waals surface area contributed by atoms with E-state index in [0.717, 1.165) is 24.2 Å². The molecular weight excluding hydrogens is 400 g/mol. The predicted octanol–water partition coefficient (Wildman–Crippen LogP) is 7.90. The van der Waals surface area contributed by atoms with E-state index in [1.807, 2.05) is 0 Å². The summed E-state index contributed by atoms with van der Waals surface area (Å²) in [5.41, 5.74) is 2.34. The van der Waals surface area contributed by atoms with Crippen molar-refractivity contribution in [2.75, 3.05) is 0 Å². The standard InChI is InChI=1S/C26H46O2Si2/c1-24-15-12-20(27-29(4,5)6)18-19(24)10-11-21-22(24)13-16-25(2)23(21)14-17-26(25,3)28-30(7,8)9/h10,18,21-23H,11-17H2,1-9H3. The van der Waals surface area contributed by atoms with Gasteiger partial charge in [-0.05, 0) is 125 Å². The van der Waals surface area contributed by atoms with Gasteiger partial charge in [0.25, 0.3) is 0 Å². The highest BCUT2D eigenvalue weighted by Gasteiger charge is 2.63. The van der Waals surface area contributed by atoms with E-state index >= 15 is 0 Å². The molecule has 4 aliphatic rings. The molecule has 170 valence electrons. The van der Waals surface area contributed by atoms with Crippen LogP contribution in [0.5, 0.6) is 0 Å². The van der Waals surface area contributed by atoms with Crippen molar-refractivity contribution in [1.29, 1.82) is 0 Å². The molecular formula is C26H46O2Si2. The Morgan fingerprint density at radius 1 is 0.867 bits per heavy atom. The van der Waals surface area contributed by atoms with Gasteiger partial charge in [-0.25, -0.2) is 0 Å². The maximum absolute atomic E-state index is 6.93. The molecule has 4 aliphatic carbocycles. The normalized spacial score (nSPS) is 43.8. The highest BCUT2D eigenvalue weighted by molar-refractivity contribution is 6.70. The van der Waals surface area contributed by atoms with Gasteiger partial charge in [-0.3, -0.25) is 0 Å². The fourth-order valence-electron chi connectivity index (χ4n) is 7.84. The van der Waals surface area contributed by atoms with Crippen molar-refractivity contribution in [3.63, 3.8) is 0 Å². The van der Waals surface area contributed by atoms with Crippen LogP contribution in [-0.4, -0.2) is 22.2 Å². The fraction of sp³-hybridized carbons (Fsp3) is 0.846. The monoisotopic (exact) mass is 446 g/mol. The summed E-state index contributed by atoms with van der Waals surface area (Å²) in [7, 11) is -3.09. The molecule has 2 fully saturated rings. The summed E-state index contributed by atoms with van der Waals surface area (Å²) in [6, 6.07) is 0. The molecule has 6 atom stereocenters. The minimum Gasteiger partial charge on any atom is -0.547 e. The Morgan fingerprint density at radius 3 is 2.17 bits per heavy atom. The van der Waals surface area contributed by atoms with E-state index in [1.165, 1.54) is 44.3 Å². The molecule has 0 heterocycles. The SMILES string of the molecule is CC12CCC(O[Si](C)(C)C)=CC1=CCC1C2CCC2(C)C1CCC2(C)O[Si](C)(C)C. The highest BCUT2D eigenvalue weighted by atomic mass is 28.4. The molecule has 0 bridgehead atoms. The first kappa shape index (κ1) is 22.9. The molecule has 0 radical (unpaired) electrons. The van der Waals surface area contributed by atoms with Gasteiger partial charge in [0, 0.05) is 6.42 Å². The summed E-state index contributed by atoms with van der Waals surface area (Å²) in [5, 5.41) is 0. The van der Waals surface area contributed by atoms with Crippen LogP contribution in [0.1, 0.15) is 65.7 Å². The fourth-order valence-corrected chi connectivity index (χ4v) is 10.5. The topological polar surface area (TPSA) is 18.5 Å². The van der Waals surface area contributed by atoms with Crippen molar-refractivity contribution < 1.29 is 8.85 Å². The first-order chi connectivity index (χ1) is 13.7. The Balaban J connectivity index is 1.61. The van der Waals surface area contributed by atoms with E-state index in [0.29, 0.717) is 10.8 Å². The molecule has 0 spiro atoms. The number of rotatable bonds is 4. The van der Waals surface area contributed by atoms with Crippen molar-refractivity contribution in [3.8, 4) is 0 Å². The second-order valence-corrected chi connectivity index (χ2v) is 22.3. The maximum atomic E-state index is 6.93. The third-order valence-corrected chi connectivity index (χ3v) is 11.2. The average Bonchev–Trinajstić information content (AvgIpc) is 2.83. The molecule has 0 aromatic heterocycles. The smallest absolute Gasteiger partial charge is 0.241 e. The van der Waals surface area contributed by atoms with Crippen LogP contribution in [0.25, 0.3) is 0 Å². The first-order valence-electron chi connectivity index (χ1n) is 12.5. The van der Waals surface area contributed by atoms with Crippen molar-refractivity contribution in [3.05, 3.63) is 23.5 Å². The summed E-state index contributed by atoms with van der Waals surface area (Å²) < 4.78 is 13.3. The van der Waals surface area contributed by atoms with Crippen LogP contribution in [0.3, 0.4) is 0 Å². The van der Waals surface area contributed by atoms with Crippen LogP contribution >= 0.6 is 0 Å². The van der Waals surface area contributed by atoms with Gasteiger partial charge in [-0.1, -0.05) is 19.9 Å². The highest BCUT2D eigenvalue weighted by Crippen LogP contribution is 2.67. The Bertz CT molecular complexity index is 758. The molecule has 0 aliphatic heterocycles. The van der Waals surface area contributed by atoms with Crippen molar-refractivity contribution >= 4 is 16.6 Å². The van der Waals surface area contributed by atoms with E-state index < -0.39 is 16.6 Å². The molecule has 0 amide bonds. The van der Waals surface area contributed by atoms with Crippen molar-refractivity contribution in [1.82, 2.24) is 0 Å². The summed E-state index contributed by atoms with van der Waals surface area (Å²) >= 11 is 0. The van der Waals surface area contributed by atoms with E-state index in [9.17, 15) is 0 Å². The Kier molecular flexibility index (Phi) is 5.40. The summed E-state index contributed by atoms with van der Waals surface area (Å²) in [6.07, 6.45) is 14.0. The van der Waals surface area contributed by atoms with Gasteiger partial charge in [0.2, 0.25) is 8.32 Å². The van der Waals surface area contributed by atoms with E-state index in [-0.39, 0.29) is 5.60 Å². The lowest BCUT2D eigenvalue weighted by Crippen LogP contribution is -2.56. The molecule has 0 aromatic rings. The van der Waals surface area contributed by atoms with Crippen molar-refractivity contribution in [2.45, 2.75) is 111 Å². The molecule has 4 heteroatoms. The van der Waals surface area contributed by atoms with E-state index in [4.69, 9.17) is 8.85 Å². The molecule has 4 rings (SSSR count). The third kappa shape index (κ3) is 3.73. The summed E-state index contributed by atoms with van der Waals surface area (Å²) in [5.74, 6) is 3.73. The van der Waals surface area contributed by atoms with Gasteiger partial charge in [-0.15, -0.1) is 0 Å². The zero-order valence-corrected chi connectivity index (χ0v) is 23.2. The van der Waals surface area contributed by atoms with Gasteiger partial charge in [0.15, 0.2) is 8.32 Å². The second-order valence-electron chi connectivity index (χ2n) is 13.5. The Hall–Kier alpha value is -0.326. The van der Waals surface area contributed by atoms with Crippen LogP contribution in [0.15, 0.2) is 23.5 Å². The van der Waals surface area contributed by atoms with Gasteiger partial charge >= 0.3 is 0 Å². The molecule has 0 saturated heterocycles. The van der Waals surface area contributed by atoms with Crippen LogP contribution in [-0.2, 0) is 8.85 Å². The van der Waals surface area contributed by atoms with E-state index in [2.05, 4.69) is 72.2 Å². The van der Waals surface area contributed by atoms with Crippen LogP contribution in [0, 0.1) is 28.6 Å². The zero-order chi connectivity index (χ0) is 22.2. The van der Waals surface area contributed by atoms with Crippen LogP contribution in [0.4, 0.5) is 0 Å². The molecule has 2 nitrogen and oxygen atoms in total. The molecule has 2 saturated carbocycles. The molecule has 30 heavy (non-hydrogen) atoms. The number of hydrogen-bond donors (Lipinski definition) is 0. The number of hydrogen-bond acceptors (Lipinski definition) is 2. The zero-order valence-electron chi connectivity index (χ0n) is 21.2. The largest absolute Gasteiger partial charge is 0.547 e. The number of fused-ring (bicyclic) bond motifs is 5. The number of allylic oxidation sites excluding steroid dienone is 4. The average molecular weight is 447 g/mol. The first-order valence-corrected chi connectivity index (χ1v) is 19.3. The molecule has 0 aromatic carbocycles. The lowest BCUT2D eigenvalue weighted by molar-refractivity contribution is -0.102. The van der Waals surface area contributed by atoms with Gasteiger partial charge in [0.05, 0.1) is 11.4 Å². The Morgan fingerprint density at radius 2 is 1.53 bits per heavy atom. The van der Waals surface area contributed by atoms with Crippen LogP contribution < -0.4 is 0 Å². The quantitative estimate of drug-likeness (QED) is 0.408. The van der Waals surface area contributed by atoms with Crippen molar-refractivity contribution in [2.24, 2.45) is 28.6 Å². The lowest BCUT2D eigenvalue weighted by atomic mass is 9.47. The van der Waals surface area contributed by atoms with E-state index in [1.54, 1.807) is 5.57 Å². The minimum atomic E-state index is -1.56. The molecule has 6 unspecified atom stereocenters. The summed E-state index contributed by atoms with van der Waals surface area (Å²) in [6.45, 7) is 21.6. The summed E-state index contributed by atoms with van der Waals surface area (Å²) in [4.78, 5) is 0. The predicted molar refractivity (Wildman–Crippen MR) is 132 cm³/mol. The minimum absolute atomic E-state index is 0.0722. The third-order valence-electron chi connectivity index (χ3n) is 9.23. The molecule has 0 N–H and O–H groups in total. The van der Waals surface area contributed by atoms with Gasteiger partial charge < -0.3 is 8.85 Å². The Labute approximate surface area is 188 Å². The lowest BCUT2D eigenvalue weighted by Gasteiger charge is -2.59. The van der Waals surface area contributed by atoms with Gasteiger partial charge in [-0.2, -0.15) is 0 Å². The maximum Gasteiger partial charge on any atom is 0.241 e.